The lowest BCUT2D eigenvalue weighted by molar-refractivity contribution is 0.540. The van der Waals surface area contributed by atoms with Crippen LogP contribution in [0, 0.1) is 6.92 Å². The summed E-state index contributed by atoms with van der Waals surface area (Å²) < 4.78 is 0. The van der Waals surface area contributed by atoms with Crippen LogP contribution in [0.2, 0.25) is 0 Å². The molecule has 8 rings (SSSR count). The number of aryl methyl sites for hydroxylation is 1. The normalized spacial score (nSPS) is 14.0. The van der Waals surface area contributed by atoms with E-state index in [-0.39, 0.29) is 11.8 Å². The van der Waals surface area contributed by atoms with Gasteiger partial charge < -0.3 is 9.80 Å². The van der Waals surface area contributed by atoms with E-state index in [2.05, 4.69) is 228 Å². The van der Waals surface area contributed by atoms with E-state index in [0.29, 0.717) is 24.4 Å². The molecule has 0 aliphatic carbocycles. The Morgan fingerprint density at radius 3 is 1.28 bits per heavy atom. The molecule has 0 aromatic heterocycles. The molecular formula is C55H56N2. The summed E-state index contributed by atoms with van der Waals surface area (Å²) in [4.78, 5) is 5.13. The lowest BCUT2D eigenvalue weighted by atomic mass is 9.78. The molecule has 0 amide bonds. The van der Waals surface area contributed by atoms with Crippen molar-refractivity contribution in [3.8, 4) is 0 Å². The Bertz CT molecular complexity index is 2210. The second kappa shape index (κ2) is 16.3. The zero-order valence-corrected chi connectivity index (χ0v) is 34.7. The second-order valence-corrected chi connectivity index (χ2v) is 16.8. The molecule has 0 saturated carbocycles. The minimum absolute atomic E-state index is 0.0264. The van der Waals surface area contributed by atoms with E-state index in [1.807, 2.05) is 0 Å². The van der Waals surface area contributed by atoms with Crippen LogP contribution in [-0.2, 0) is 0 Å². The van der Waals surface area contributed by atoms with Crippen LogP contribution in [0.3, 0.4) is 0 Å². The molecule has 2 nitrogen and oxygen atoms in total. The van der Waals surface area contributed by atoms with Crippen molar-refractivity contribution in [3.05, 3.63) is 237 Å². The Morgan fingerprint density at radius 2 is 0.895 bits per heavy atom. The van der Waals surface area contributed by atoms with Gasteiger partial charge in [0, 0.05) is 23.6 Å². The zero-order valence-electron chi connectivity index (χ0n) is 34.7. The standard InChI is InChI=1S/C55H56N2/c1-37(2)45-33-47(38(3)4)54(48(34-45)39(5)6)51-30-20-29-46-35-56(36-57(46)51)55-49(52(41-21-12-8-13-22-41)42-23-14-9-15-24-42)31-40(7)32-50(55)53(43-25-16-10-17-26-43)44-27-18-11-19-28-44/h8-35,37-39,52-53H,36H2,1-7H3. The minimum Gasteiger partial charge on any atom is -0.327 e. The molecule has 0 fully saturated rings. The van der Waals surface area contributed by atoms with Crippen LogP contribution in [0.25, 0.3) is 5.70 Å². The SMILES string of the molecule is Cc1cc(C(c2ccccc2)c2ccccc2)c(N2C=C3C=CC=C(c4c(C(C)C)cc(C(C)C)cc4C(C)C)N3C2)c(C(c2ccccc2)c2ccccc2)c1. The van der Waals surface area contributed by atoms with Crippen molar-refractivity contribution in [1.29, 1.82) is 0 Å². The van der Waals surface area contributed by atoms with Crippen molar-refractivity contribution < 1.29 is 0 Å². The van der Waals surface area contributed by atoms with E-state index < -0.39 is 0 Å². The summed E-state index contributed by atoms with van der Waals surface area (Å²) in [7, 11) is 0. The van der Waals surface area contributed by atoms with E-state index in [1.54, 1.807) is 0 Å². The third kappa shape index (κ3) is 7.54. The van der Waals surface area contributed by atoms with Crippen molar-refractivity contribution in [2.75, 3.05) is 11.6 Å². The van der Waals surface area contributed by atoms with Gasteiger partial charge in [-0.05, 0) is 86.9 Å². The van der Waals surface area contributed by atoms with Crippen molar-refractivity contribution >= 4 is 11.4 Å². The van der Waals surface area contributed by atoms with Gasteiger partial charge in [0.05, 0.1) is 23.8 Å². The first kappa shape index (κ1) is 38.0. The molecule has 286 valence electrons. The van der Waals surface area contributed by atoms with Crippen LogP contribution in [-0.4, -0.2) is 11.6 Å². The fourth-order valence-corrected chi connectivity index (χ4v) is 9.08. The van der Waals surface area contributed by atoms with Crippen LogP contribution in [0.15, 0.2) is 176 Å². The first-order valence-corrected chi connectivity index (χ1v) is 20.9. The van der Waals surface area contributed by atoms with Gasteiger partial charge in [0.25, 0.3) is 0 Å². The highest BCUT2D eigenvalue weighted by Gasteiger charge is 2.35. The third-order valence-corrected chi connectivity index (χ3v) is 11.8. The molecule has 2 heterocycles. The highest BCUT2D eigenvalue weighted by Crippen LogP contribution is 2.48. The molecular weight excluding hydrogens is 689 g/mol. The quantitative estimate of drug-likeness (QED) is 0.122. The fraction of sp³-hybridized carbons (Fsp3) is 0.236. The number of nitrogens with zero attached hydrogens (tertiary/aromatic N) is 2. The Morgan fingerprint density at radius 1 is 0.474 bits per heavy atom. The molecule has 6 aromatic rings. The number of rotatable bonds is 11. The lowest BCUT2D eigenvalue weighted by Crippen LogP contribution is -2.29. The van der Waals surface area contributed by atoms with E-state index in [0.717, 1.165) is 0 Å². The molecule has 0 radical (unpaired) electrons. The average Bonchev–Trinajstić information content (AvgIpc) is 3.66. The Balaban J connectivity index is 1.37. The molecule has 6 aromatic carbocycles. The van der Waals surface area contributed by atoms with Crippen LogP contribution in [0.4, 0.5) is 5.69 Å². The fourth-order valence-electron chi connectivity index (χ4n) is 9.08. The topological polar surface area (TPSA) is 6.48 Å². The van der Waals surface area contributed by atoms with Crippen molar-refractivity contribution in [2.24, 2.45) is 0 Å². The molecule has 0 N–H and O–H groups in total. The van der Waals surface area contributed by atoms with Gasteiger partial charge in [-0.15, -0.1) is 0 Å². The van der Waals surface area contributed by atoms with Gasteiger partial charge in [0.15, 0.2) is 0 Å². The summed E-state index contributed by atoms with van der Waals surface area (Å²) in [5.41, 5.74) is 18.5. The molecule has 57 heavy (non-hydrogen) atoms. The average molecular weight is 745 g/mol. The highest BCUT2D eigenvalue weighted by atomic mass is 15.4. The molecule has 0 atom stereocenters. The van der Waals surface area contributed by atoms with Gasteiger partial charge in [-0.2, -0.15) is 0 Å². The smallest absolute Gasteiger partial charge is 0.0996 e. The maximum atomic E-state index is 2.57. The largest absolute Gasteiger partial charge is 0.327 e. The second-order valence-electron chi connectivity index (χ2n) is 16.8. The number of hydrogen-bond donors (Lipinski definition) is 0. The van der Waals surface area contributed by atoms with Gasteiger partial charge in [0.1, 0.15) is 0 Å². The predicted octanol–water partition coefficient (Wildman–Crippen LogP) is 14.3. The van der Waals surface area contributed by atoms with E-state index >= 15 is 0 Å². The van der Waals surface area contributed by atoms with Crippen molar-refractivity contribution in [1.82, 2.24) is 4.90 Å². The highest BCUT2D eigenvalue weighted by molar-refractivity contribution is 5.79. The minimum atomic E-state index is 0.0264. The molecule has 2 aliphatic rings. The summed E-state index contributed by atoms with van der Waals surface area (Å²) in [5, 5.41) is 0. The van der Waals surface area contributed by atoms with Crippen LogP contribution in [0.5, 0.6) is 0 Å². The monoisotopic (exact) mass is 744 g/mol. The number of fused-ring (bicyclic) bond motifs is 1. The molecule has 0 saturated heterocycles. The van der Waals surface area contributed by atoms with E-state index in [9.17, 15) is 0 Å². The van der Waals surface area contributed by atoms with Crippen LogP contribution >= 0.6 is 0 Å². The molecule has 2 aliphatic heterocycles. The molecule has 2 heteroatoms. The maximum Gasteiger partial charge on any atom is 0.0996 e. The summed E-state index contributed by atoms with van der Waals surface area (Å²) in [5.74, 6) is 1.30. The third-order valence-electron chi connectivity index (χ3n) is 11.8. The summed E-state index contributed by atoms with van der Waals surface area (Å²) in [6.45, 7) is 17.0. The van der Waals surface area contributed by atoms with Gasteiger partial charge >= 0.3 is 0 Å². The van der Waals surface area contributed by atoms with Crippen molar-refractivity contribution in [3.63, 3.8) is 0 Å². The summed E-state index contributed by atoms with van der Waals surface area (Å²) in [6.07, 6.45) is 9.32. The Kier molecular flexibility index (Phi) is 10.9. The number of hydrogen-bond acceptors (Lipinski definition) is 2. The number of benzene rings is 6. The molecule has 0 spiro atoms. The summed E-state index contributed by atoms with van der Waals surface area (Å²) in [6, 6.07) is 54.2. The lowest BCUT2D eigenvalue weighted by Gasteiger charge is -2.35. The van der Waals surface area contributed by atoms with Gasteiger partial charge in [0.2, 0.25) is 0 Å². The molecule has 0 bridgehead atoms. The van der Waals surface area contributed by atoms with Crippen molar-refractivity contribution in [2.45, 2.75) is 78.1 Å². The van der Waals surface area contributed by atoms with Crippen LogP contribution in [0.1, 0.15) is 132 Å². The van der Waals surface area contributed by atoms with Gasteiger partial charge in [-0.25, -0.2) is 0 Å². The van der Waals surface area contributed by atoms with E-state index in [4.69, 9.17) is 0 Å². The molecule has 0 unspecified atom stereocenters. The Hall–Kier alpha value is -5.86. The zero-order chi connectivity index (χ0) is 39.6. The maximum absolute atomic E-state index is 2.57. The first-order valence-electron chi connectivity index (χ1n) is 20.9. The van der Waals surface area contributed by atoms with Gasteiger partial charge in [-0.1, -0.05) is 199 Å². The summed E-state index contributed by atoms with van der Waals surface area (Å²) >= 11 is 0. The number of allylic oxidation sites excluding steroid dienone is 3. The number of anilines is 1. The van der Waals surface area contributed by atoms with E-state index in [1.165, 1.54) is 78.3 Å². The Labute approximate surface area is 341 Å². The van der Waals surface area contributed by atoms with Gasteiger partial charge in [-0.3, -0.25) is 0 Å². The first-order chi connectivity index (χ1) is 27.7. The van der Waals surface area contributed by atoms with Crippen LogP contribution < -0.4 is 4.90 Å². The predicted molar refractivity (Wildman–Crippen MR) is 242 cm³/mol.